The van der Waals surface area contributed by atoms with E-state index < -0.39 is 0 Å². The minimum atomic E-state index is -0.190. The average Bonchev–Trinajstić information content (AvgIpc) is 2.15. The fraction of sp³-hybridized carbons (Fsp3) is 0.900. The summed E-state index contributed by atoms with van der Waals surface area (Å²) in [6, 6.07) is 0.304. The summed E-state index contributed by atoms with van der Waals surface area (Å²) < 4.78 is 0. The number of amides is 1. The fourth-order valence-corrected chi connectivity index (χ4v) is 2.26. The molecule has 1 atom stereocenters. The maximum absolute atomic E-state index is 10.8. The largest absolute Gasteiger partial charge is 0.370 e. The highest BCUT2D eigenvalue weighted by Crippen LogP contribution is 2.27. The molecule has 1 amide bonds. The molecular formula is C10H20N2O. The highest BCUT2D eigenvalue weighted by molar-refractivity contribution is 5.74. The van der Waals surface area contributed by atoms with E-state index in [4.69, 9.17) is 5.73 Å². The quantitative estimate of drug-likeness (QED) is 0.685. The van der Waals surface area contributed by atoms with Crippen molar-refractivity contribution in [1.29, 1.82) is 0 Å². The van der Waals surface area contributed by atoms with Gasteiger partial charge in [0.1, 0.15) is 0 Å². The van der Waals surface area contributed by atoms with Gasteiger partial charge in [0.15, 0.2) is 0 Å². The molecule has 0 spiro atoms. The molecule has 0 aromatic heterocycles. The molecule has 76 valence electrons. The Labute approximate surface area is 80.1 Å². The van der Waals surface area contributed by atoms with Crippen LogP contribution >= 0.6 is 0 Å². The summed E-state index contributed by atoms with van der Waals surface area (Å²) in [7, 11) is 1.92. The zero-order valence-electron chi connectivity index (χ0n) is 8.38. The van der Waals surface area contributed by atoms with Crippen LogP contribution in [0.5, 0.6) is 0 Å². The Hall–Kier alpha value is -0.570. The first-order chi connectivity index (χ1) is 6.24. The molecule has 1 aliphatic carbocycles. The molecule has 0 aromatic rings. The van der Waals surface area contributed by atoms with Crippen LogP contribution < -0.4 is 11.1 Å². The normalized spacial score (nSPS) is 21.3. The molecule has 0 bridgehead atoms. The number of nitrogens with one attached hydrogen (secondary N) is 1. The molecule has 1 saturated carbocycles. The molecule has 0 saturated heterocycles. The van der Waals surface area contributed by atoms with E-state index in [2.05, 4.69) is 5.32 Å². The lowest BCUT2D eigenvalue weighted by Gasteiger charge is -2.29. The van der Waals surface area contributed by atoms with E-state index in [0.29, 0.717) is 18.4 Å². The van der Waals surface area contributed by atoms with Gasteiger partial charge in [0.05, 0.1) is 0 Å². The van der Waals surface area contributed by atoms with Crippen molar-refractivity contribution in [3.63, 3.8) is 0 Å². The van der Waals surface area contributed by atoms with Gasteiger partial charge in [0.2, 0.25) is 5.91 Å². The number of carbonyl (C=O) groups excluding carboxylic acids is 1. The van der Waals surface area contributed by atoms with Crippen molar-refractivity contribution in [1.82, 2.24) is 5.32 Å². The molecule has 3 heteroatoms. The predicted octanol–water partition coefficient (Wildman–Crippen LogP) is 1.03. The smallest absolute Gasteiger partial charge is 0.218 e. The van der Waals surface area contributed by atoms with Crippen molar-refractivity contribution in [3.05, 3.63) is 0 Å². The second-order valence-corrected chi connectivity index (χ2v) is 3.96. The molecule has 1 aliphatic rings. The number of hydrogen-bond donors (Lipinski definition) is 2. The lowest BCUT2D eigenvalue weighted by molar-refractivity contribution is -0.118. The first-order valence-electron chi connectivity index (χ1n) is 5.19. The first kappa shape index (κ1) is 10.5. The summed E-state index contributed by atoms with van der Waals surface area (Å²) in [5.41, 5.74) is 5.20. The molecule has 13 heavy (non-hydrogen) atoms. The summed E-state index contributed by atoms with van der Waals surface area (Å²) in [6.07, 6.45) is 6.95. The average molecular weight is 184 g/mol. The fourth-order valence-electron chi connectivity index (χ4n) is 2.26. The van der Waals surface area contributed by atoms with Crippen LogP contribution in [0, 0.1) is 5.92 Å². The van der Waals surface area contributed by atoms with Crippen LogP contribution in [0.3, 0.4) is 0 Å². The zero-order chi connectivity index (χ0) is 9.68. The van der Waals surface area contributed by atoms with Crippen molar-refractivity contribution in [3.8, 4) is 0 Å². The van der Waals surface area contributed by atoms with E-state index in [0.717, 1.165) is 0 Å². The molecule has 1 rings (SSSR count). The van der Waals surface area contributed by atoms with Gasteiger partial charge in [0, 0.05) is 12.5 Å². The number of primary amides is 1. The third-order valence-electron chi connectivity index (χ3n) is 3.01. The van der Waals surface area contributed by atoms with E-state index >= 15 is 0 Å². The van der Waals surface area contributed by atoms with Crippen LogP contribution in [0.25, 0.3) is 0 Å². The van der Waals surface area contributed by atoms with Crippen molar-refractivity contribution in [2.75, 3.05) is 7.05 Å². The molecule has 0 heterocycles. The van der Waals surface area contributed by atoms with Crippen molar-refractivity contribution in [2.24, 2.45) is 11.7 Å². The van der Waals surface area contributed by atoms with Crippen LogP contribution in [-0.2, 0) is 4.79 Å². The monoisotopic (exact) mass is 184 g/mol. The Morgan fingerprint density at radius 1 is 1.46 bits per heavy atom. The Morgan fingerprint density at radius 3 is 2.54 bits per heavy atom. The van der Waals surface area contributed by atoms with E-state index in [9.17, 15) is 4.79 Å². The molecule has 0 aliphatic heterocycles. The van der Waals surface area contributed by atoms with Crippen LogP contribution in [0.4, 0.5) is 0 Å². The van der Waals surface area contributed by atoms with Gasteiger partial charge in [0.25, 0.3) is 0 Å². The molecule has 0 aromatic carbocycles. The second kappa shape index (κ2) is 5.22. The van der Waals surface area contributed by atoms with Gasteiger partial charge in [-0.2, -0.15) is 0 Å². The summed E-state index contributed by atoms with van der Waals surface area (Å²) in [4.78, 5) is 10.8. The second-order valence-electron chi connectivity index (χ2n) is 3.96. The summed E-state index contributed by atoms with van der Waals surface area (Å²) in [5.74, 6) is 0.469. The number of nitrogens with two attached hydrogens (primary N) is 1. The van der Waals surface area contributed by atoms with Gasteiger partial charge in [-0.1, -0.05) is 19.3 Å². The van der Waals surface area contributed by atoms with Crippen LogP contribution in [-0.4, -0.2) is 19.0 Å². The zero-order valence-corrected chi connectivity index (χ0v) is 8.38. The third kappa shape index (κ3) is 3.35. The van der Waals surface area contributed by atoms with Crippen LogP contribution in [0.1, 0.15) is 38.5 Å². The number of rotatable bonds is 4. The SMILES string of the molecule is CNC(CC(N)=O)C1CCCCC1. The maximum atomic E-state index is 10.8. The van der Waals surface area contributed by atoms with Gasteiger partial charge < -0.3 is 11.1 Å². The first-order valence-corrected chi connectivity index (χ1v) is 5.19. The van der Waals surface area contributed by atoms with E-state index in [1.54, 1.807) is 0 Å². The molecule has 0 radical (unpaired) electrons. The third-order valence-corrected chi connectivity index (χ3v) is 3.01. The highest BCUT2D eigenvalue weighted by Gasteiger charge is 2.23. The standard InChI is InChI=1S/C10H20N2O/c1-12-9(7-10(11)13)8-5-3-2-4-6-8/h8-9,12H,2-7H2,1H3,(H2,11,13). The van der Waals surface area contributed by atoms with Gasteiger partial charge >= 0.3 is 0 Å². The van der Waals surface area contributed by atoms with Crippen LogP contribution in [0.15, 0.2) is 0 Å². The molecular weight excluding hydrogens is 164 g/mol. The maximum Gasteiger partial charge on any atom is 0.218 e. The Morgan fingerprint density at radius 2 is 2.08 bits per heavy atom. The number of hydrogen-bond acceptors (Lipinski definition) is 2. The molecule has 3 nitrogen and oxygen atoms in total. The van der Waals surface area contributed by atoms with Gasteiger partial charge in [-0.05, 0) is 25.8 Å². The van der Waals surface area contributed by atoms with E-state index in [1.165, 1.54) is 32.1 Å². The Bertz CT molecular complexity index is 164. The molecule has 1 fully saturated rings. The molecule has 1 unspecified atom stereocenters. The van der Waals surface area contributed by atoms with Crippen LogP contribution in [0.2, 0.25) is 0 Å². The lowest BCUT2D eigenvalue weighted by atomic mass is 9.82. The highest BCUT2D eigenvalue weighted by atomic mass is 16.1. The van der Waals surface area contributed by atoms with Gasteiger partial charge in [-0.15, -0.1) is 0 Å². The lowest BCUT2D eigenvalue weighted by Crippen LogP contribution is -2.38. The van der Waals surface area contributed by atoms with Crippen molar-refractivity contribution in [2.45, 2.75) is 44.6 Å². The minimum Gasteiger partial charge on any atom is -0.370 e. The molecule has 3 N–H and O–H groups in total. The Balaban J connectivity index is 2.39. The summed E-state index contributed by atoms with van der Waals surface area (Å²) in [5, 5.41) is 3.20. The van der Waals surface area contributed by atoms with E-state index in [1.807, 2.05) is 7.05 Å². The minimum absolute atomic E-state index is 0.190. The predicted molar refractivity (Wildman–Crippen MR) is 53.2 cm³/mol. The van der Waals surface area contributed by atoms with Crippen molar-refractivity contribution >= 4 is 5.91 Å². The summed E-state index contributed by atoms with van der Waals surface area (Å²) >= 11 is 0. The summed E-state index contributed by atoms with van der Waals surface area (Å²) in [6.45, 7) is 0. The number of carbonyl (C=O) groups is 1. The van der Waals surface area contributed by atoms with Gasteiger partial charge in [-0.25, -0.2) is 0 Å². The van der Waals surface area contributed by atoms with Gasteiger partial charge in [-0.3, -0.25) is 4.79 Å². The Kier molecular flexibility index (Phi) is 4.22. The topological polar surface area (TPSA) is 55.1 Å². The van der Waals surface area contributed by atoms with E-state index in [-0.39, 0.29) is 5.91 Å². The van der Waals surface area contributed by atoms with Crippen molar-refractivity contribution < 1.29 is 4.79 Å².